The van der Waals surface area contributed by atoms with Crippen LogP contribution in [0.25, 0.3) is 0 Å². The molecule has 27 heavy (non-hydrogen) atoms. The summed E-state index contributed by atoms with van der Waals surface area (Å²) in [5.74, 6) is 0.503. The fourth-order valence-electron chi connectivity index (χ4n) is 2.99. The Morgan fingerprint density at radius 2 is 1.93 bits per heavy atom. The third-order valence-corrected chi connectivity index (χ3v) is 4.84. The summed E-state index contributed by atoms with van der Waals surface area (Å²) in [6.07, 6.45) is 4.76. The van der Waals surface area contributed by atoms with Crippen molar-refractivity contribution in [3.05, 3.63) is 59.4 Å². The molecule has 2 heterocycles. The van der Waals surface area contributed by atoms with E-state index in [1.807, 2.05) is 12.1 Å². The molecule has 1 N–H and O–H groups in total. The molecule has 7 heteroatoms. The van der Waals surface area contributed by atoms with Crippen LogP contribution < -0.4 is 10.1 Å². The molecule has 2 amide bonds. The van der Waals surface area contributed by atoms with Crippen LogP contribution in [0.15, 0.2) is 48.8 Å². The number of aromatic nitrogens is 1. The number of carbonyl (C=O) groups is 2. The third-order valence-electron chi connectivity index (χ3n) is 4.58. The third kappa shape index (κ3) is 5.69. The molecule has 0 spiro atoms. The van der Waals surface area contributed by atoms with E-state index in [4.69, 9.17) is 16.3 Å². The van der Waals surface area contributed by atoms with Crippen molar-refractivity contribution in [1.29, 1.82) is 0 Å². The van der Waals surface area contributed by atoms with E-state index in [2.05, 4.69) is 10.3 Å². The second kappa shape index (κ2) is 9.37. The molecule has 6 nitrogen and oxygen atoms in total. The maximum Gasteiger partial charge on any atom is 0.260 e. The van der Waals surface area contributed by atoms with Crippen molar-refractivity contribution in [2.45, 2.75) is 19.4 Å². The lowest BCUT2D eigenvalue weighted by Gasteiger charge is -2.31. The number of benzene rings is 1. The van der Waals surface area contributed by atoms with Crippen molar-refractivity contribution in [1.82, 2.24) is 15.2 Å². The molecule has 0 atom stereocenters. The summed E-state index contributed by atoms with van der Waals surface area (Å²) in [7, 11) is 0. The zero-order chi connectivity index (χ0) is 19.1. The second-order valence-electron chi connectivity index (χ2n) is 6.48. The van der Waals surface area contributed by atoms with Gasteiger partial charge in [-0.2, -0.15) is 0 Å². The summed E-state index contributed by atoms with van der Waals surface area (Å²) in [6, 6.07) is 10.7. The minimum atomic E-state index is -0.0702. The summed E-state index contributed by atoms with van der Waals surface area (Å²) in [6.45, 7) is 1.59. The number of nitrogens with one attached hydrogen (secondary N) is 1. The quantitative estimate of drug-likeness (QED) is 0.827. The highest BCUT2D eigenvalue weighted by atomic mass is 35.5. The van der Waals surface area contributed by atoms with Gasteiger partial charge in [0, 0.05) is 43.0 Å². The first-order valence-electron chi connectivity index (χ1n) is 8.94. The number of piperidine rings is 1. The van der Waals surface area contributed by atoms with Crippen LogP contribution in [0.5, 0.6) is 5.75 Å². The first-order chi connectivity index (χ1) is 13.1. The van der Waals surface area contributed by atoms with E-state index >= 15 is 0 Å². The fourth-order valence-corrected chi connectivity index (χ4v) is 3.12. The van der Waals surface area contributed by atoms with Gasteiger partial charge in [-0.15, -0.1) is 0 Å². The monoisotopic (exact) mass is 387 g/mol. The molecule has 2 aromatic rings. The van der Waals surface area contributed by atoms with Gasteiger partial charge in [0.25, 0.3) is 5.91 Å². The van der Waals surface area contributed by atoms with E-state index < -0.39 is 0 Å². The molecule has 1 fully saturated rings. The van der Waals surface area contributed by atoms with Gasteiger partial charge in [0.15, 0.2) is 6.61 Å². The topological polar surface area (TPSA) is 71.5 Å². The van der Waals surface area contributed by atoms with E-state index in [1.54, 1.807) is 41.6 Å². The molecular formula is C20H22ClN3O3. The Bertz CT molecular complexity index is 760. The molecule has 0 bridgehead atoms. The van der Waals surface area contributed by atoms with Crippen LogP contribution in [0, 0.1) is 5.92 Å². The lowest BCUT2D eigenvalue weighted by molar-refractivity contribution is -0.137. The normalized spacial score (nSPS) is 14.6. The number of halogens is 1. The minimum Gasteiger partial charge on any atom is -0.484 e. The largest absolute Gasteiger partial charge is 0.484 e. The Labute approximate surface area is 163 Å². The summed E-state index contributed by atoms with van der Waals surface area (Å²) in [5, 5.41) is 3.57. The summed E-state index contributed by atoms with van der Waals surface area (Å²) in [5.41, 5.74) is 0.970. The van der Waals surface area contributed by atoms with Gasteiger partial charge in [-0.25, -0.2) is 0 Å². The van der Waals surface area contributed by atoms with E-state index in [-0.39, 0.29) is 24.3 Å². The van der Waals surface area contributed by atoms with E-state index in [0.29, 0.717) is 43.2 Å². The van der Waals surface area contributed by atoms with Gasteiger partial charge in [-0.05, 0) is 48.7 Å². The van der Waals surface area contributed by atoms with Crippen molar-refractivity contribution in [3.8, 4) is 5.75 Å². The van der Waals surface area contributed by atoms with Crippen LogP contribution in [0.2, 0.25) is 5.02 Å². The van der Waals surface area contributed by atoms with Crippen LogP contribution >= 0.6 is 11.6 Å². The highest BCUT2D eigenvalue weighted by molar-refractivity contribution is 6.30. The molecule has 3 rings (SSSR count). The van der Waals surface area contributed by atoms with Crippen LogP contribution in [0.3, 0.4) is 0 Å². The molecule has 1 aliphatic heterocycles. The smallest absolute Gasteiger partial charge is 0.260 e. The second-order valence-corrected chi connectivity index (χ2v) is 6.91. The van der Waals surface area contributed by atoms with E-state index in [1.165, 1.54) is 0 Å². The van der Waals surface area contributed by atoms with Gasteiger partial charge in [-0.3, -0.25) is 14.6 Å². The average Bonchev–Trinajstić information content (AvgIpc) is 2.72. The van der Waals surface area contributed by atoms with Crippen molar-refractivity contribution in [2.24, 2.45) is 5.92 Å². The molecule has 142 valence electrons. The predicted molar refractivity (Wildman–Crippen MR) is 102 cm³/mol. The van der Waals surface area contributed by atoms with Crippen LogP contribution in [0.4, 0.5) is 0 Å². The maximum absolute atomic E-state index is 12.3. The number of pyridine rings is 1. The molecule has 0 unspecified atom stereocenters. The number of carbonyl (C=O) groups excluding carboxylic acids is 2. The summed E-state index contributed by atoms with van der Waals surface area (Å²) in [4.78, 5) is 30.4. The van der Waals surface area contributed by atoms with Crippen molar-refractivity contribution in [2.75, 3.05) is 19.7 Å². The zero-order valence-electron chi connectivity index (χ0n) is 14.9. The molecule has 0 saturated carbocycles. The fraction of sp³-hybridized carbons (Fsp3) is 0.350. The Morgan fingerprint density at radius 3 is 2.59 bits per heavy atom. The van der Waals surface area contributed by atoms with Gasteiger partial charge in [-0.1, -0.05) is 17.7 Å². The van der Waals surface area contributed by atoms with E-state index in [9.17, 15) is 9.59 Å². The lowest BCUT2D eigenvalue weighted by Crippen LogP contribution is -2.44. The standard InChI is InChI=1S/C20H22ClN3O3/c21-17-3-5-18(6-4-17)27-14-19(25)24-10-7-16(8-11-24)20(26)23-13-15-2-1-9-22-12-15/h1-6,9,12,16H,7-8,10-11,13-14H2,(H,23,26). The van der Waals surface area contributed by atoms with Crippen LogP contribution in [0.1, 0.15) is 18.4 Å². The Kier molecular flexibility index (Phi) is 6.65. The summed E-state index contributed by atoms with van der Waals surface area (Å²) >= 11 is 5.83. The lowest BCUT2D eigenvalue weighted by atomic mass is 9.96. The Hall–Kier alpha value is -2.60. The summed E-state index contributed by atoms with van der Waals surface area (Å²) < 4.78 is 5.50. The highest BCUT2D eigenvalue weighted by Crippen LogP contribution is 2.19. The molecule has 1 saturated heterocycles. The first kappa shape index (κ1) is 19.2. The number of hydrogen-bond acceptors (Lipinski definition) is 4. The number of nitrogens with zero attached hydrogens (tertiary/aromatic N) is 2. The van der Waals surface area contributed by atoms with Crippen LogP contribution in [-0.2, 0) is 16.1 Å². The maximum atomic E-state index is 12.3. The SMILES string of the molecule is O=C(NCc1cccnc1)C1CCN(C(=O)COc2ccc(Cl)cc2)CC1. The van der Waals surface area contributed by atoms with Gasteiger partial charge in [0.2, 0.25) is 5.91 Å². The van der Waals surface area contributed by atoms with Crippen LogP contribution in [-0.4, -0.2) is 41.4 Å². The average molecular weight is 388 g/mol. The molecule has 0 aliphatic carbocycles. The van der Waals surface area contributed by atoms with Gasteiger partial charge >= 0.3 is 0 Å². The predicted octanol–water partition coefficient (Wildman–Crippen LogP) is 2.67. The van der Waals surface area contributed by atoms with Gasteiger partial charge < -0.3 is 15.0 Å². The molecular weight excluding hydrogens is 366 g/mol. The van der Waals surface area contributed by atoms with Gasteiger partial charge in [0.05, 0.1) is 0 Å². The molecule has 1 aromatic carbocycles. The van der Waals surface area contributed by atoms with E-state index in [0.717, 1.165) is 5.56 Å². The molecule has 1 aliphatic rings. The van der Waals surface area contributed by atoms with Crippen molar-refractivity contribution < 1.29 is 14.3 Å². The molecule has 0 radical (unpaired) electrons. The zero-order valence-corrected chi connectivity index (χ0v) is 15.7. The minimum absolute atomic E-state index is 0.0144. The number of rotatable bonds is 6. The van der Waals surface area contributed by atoms with Gasteiger partial charge in [0.1, 0.15) is 5.75 Å². The number of amides is 2. The van der Waals surface area contributed by atoms with Crippen molar-refractivity contribution in [3.63, 3.8) is 0 Å². The number of ether oxygens (including phenoxy) is 1. The molecule has 1 aromatic heterocycles. The highest BCUT2D eigenvalue weighted by Gasteiger charge is 2.27. The van der Waals surface area contributed by atoms with Crippen molar-refractivity contribution >= 4 is 23.4 Å². The Morgan fingerprint density at radius 1 is 1.19 bits per heavy atom. The number of likely N-dealkylation sites (tertiary alicyclic amines) is 1. The Balaban J connectivity index is 1.39. The number of hydrogen-bond donors (Lipinski definition) is 1. The first-order valence-corrected chi connectivity index (χ1v) is 9.32.